The number of likely N-dealkylation sites (tertiary alicyclic amines) is 2. The first-order chi connectivity index (χ1) is 30.1. The highest BCUT2D eigenvalue weighted by Crippen LogP contribution is 2.41. The van der Waals surface area contributed by atoms with Crippen molar-refractivity contribution in [2.75, 3.05) is 13.1 Å². The van der Waals surface area contributed by atoms with Crippen molar-refractivity contribution in [2.45, 2.75) is 128 Å². The molecule has 4 fully saturated rings. The smallest absolute Gasteiger partial charge is 0.408 e. The molecule has 2 saturated heterocycles. The summed E-state index contributed by atoms with van der Waals surface area (Å²) in [6, 6.07) is 14.4. The maximum absolute atomic E-state index is 14.0. The number of halogens is 1. The van der Waals surface area contributed by atoms with E-state index in [0.29, 0.717) is 23.9 Å². The van der Waals surface area contributed by atoms with Crippen molar-refractivity contribution in [3.8, 4) is 22.4 Å². The molecule has 2 aliphatic heterocycles. The van der Waals surface area contributed by atoms with Gasteiger partial charge in [0.1, 0.15) is 34.9 Å². The Morgan fingerprint density at radius 2 is 1.24 bits per heavy atom. The Labute approximate surface area is 372 Å². The quantitative estimate of drug-likeness (QED) is 0.0959. The number of aromatic nitrogens is 4. The fourth-order valence-electron chi connectivity index (χ4n) is 9.03. The second-order valence-corrected chi connectivity index (χ2v) is 19.6. The van der Waals surface area contributed by atoms with Crippen LogP contribution in [-0.4, -0.2) is 90.1 Å². The number of hydrogen-bond acceptors (Lipinski definition) is 8. The number of amides is 4. The molecule has 63 heavy (non-hydrogen) atoms. The second-order valence-electron chi connectivity index (χ2n) is 19.2. The highest BCUT2D eigenvalue weighted by molar-refractivity contribution is 6.37. The summed E-state index contributed by atoms with van der Waals surface area (Å²) in [7, 11) is 0. The Balaban J connectivity index is 0.893. The van der Waals surface area contributed by atoms with Gasteiger partial charge in [0.05, 0.1) is 40.0 Å². The van der Waals surface area contributed by atoms with Crippen LogP contribution in [0.1, 0.15) is 117 Å². The lowest BCUT2D eigenvalue weighted by Gasteiger charge is -2.30. The summed E-state index contributed by atoms with van der Waals surface area (Å²) in [5, 5.41) is 8.06. The summed E-state index contributed by atoms with van der Waals surface area (Å²) in [5.74, 6) is 0.900. The predicted molar refractivity (Wildman–Crippen MR) is 241 cm³/mol. The summed E-state index contributed by atoms with van der Waals surface area (Å²) in [4.78, 5) is 73.7. The number of imidazole rings is 2. The van der Waals surface area contributed by atoms with Crippen molar-refractivity contribution in [2.24, 2.45) is 11.8 Å². The first kappa shape index (κ1) is 42.7. The molecule has 15 heteroatoms. The van der Waals surface area contributed by atoms with Gasteiger partial charge in [0.15, 0.2) is 0 Å². The SMILES string of the molecule is CC(C)[C@H](NC(=O)OC1(C)CC1)C(=O)N1CCC[C@H]1c1ncc(-c2ccc(-c3ccc4c(c3)c(Cl)cc3[nH]c([C@@H]5CCCN5C(=O)[C@@H](NC(=O)OC5(C)CC5)C(C)C)nc34)cc2)[nH]1. The van der Waals surface area contributed by atoms with E-state index in [-0.39, 0.29) is 35.7 Å². The third-order valence-electron chi connectivity index (χ3n) is 13.4. The fourth-order valence-corrected chi connectivity index (χ4v) is 9.30. The molecule has 3 aromatic carbocycles. The summed E-state index contributed by atoms with van der Waals surface area (Å²) >= 11 is 6.97. The Morgan fingerprint density at radius 3 is 1.78 bits per heavy atom. The summed E-state index contributed by atoms with van der Waals surface area (Å²) in [5.41, 5.74) is 4.52. The molecular formula is C48H57ClN8O6. The van der Waals surface area contributed by atoms with Crippen molar-refractivity contribution < 1.29 is 28.7 Å². The molecule has 5 aromatic rings. The van der Waals surface area contributed by atoms with Gasteiger partial charge in [0.2, 0.25) is 11.8 Å². The lowest BCUT2D eigenvalue weighted by atomic mass is 9.99. The van der Waals surface area contributed by atoms with E-state index in [2.05, 4.69) is 44.9 Å². The van der Waals surface area contributed by atoms with Crippen molar-refractivity contribution in [1.29, 1.82) is 0 Å². The molecule has 4 heterocycles. The van der Waals surface area contributed by atoms with E-state index in [1.165, 1.54) is 0 Å². The topological polar surface area (TPSA) is 175 Å². The van der Waals surface area contributed by atoms with Crippen LogP contribution in [0.4, 0.5) is 9.59 Å². The van der Waals surface area contributed by atoms with Gasteiger partial charge in [-0.3, -0.25) is 9.59 Å². The Kier molecular flexibility index (Phi) is 11.2. The van der Waals surface area contributed by atoms with E-state index in [9.17, 15) is 19.2 Å². The molecule has 0 unspecified atom stereocenters. The lowest BCUT2D eigenvalue weighted by molar-refractivity contribution is -0.136. The van der Waals surface area contributed by atoms with Crippen LogP contribution in [0, 0.1) is 11.8 Å². The number of ether oxygens (including phenoxy) is 2. The number of fused-ring (bicyclic) bond motifs is 3. The minimum Gasteiger partial charge on any atom is -0.443 e. The number of hydrogen-bond donors (Lipinski definition) is 4. The van der Waals surface area contributed by atoms with E-state index in [0.717, 1.165) is 101 Å². The number of nitrogens with zero attached hydrogens (tertiary/aromatic N) is 4. The Bertz CT molecular complexity index is 2580. The van der Waals surface area contributed by atoms with Crippen molar-refractivity contribution in [1.82, 2.24) is 40.4 Å². The van der Waals surface area contributed by atoms with E-state index < -0.39 is 35.5 Å². The number of carbonyl (C=O) groups excluding carboxylic acids is 4. The molecule has 0 radical (unpaired) electrons. The van der Waals surface area contributed by atoms with E-state index in [1.54, 1.807) is 0 Å². The number of aromatic amines is 2. The van der Waals surface area contributed by atoms with Gasteiger partial charge in [-0.15, -0.1) is 0 Å². The summed E-state index contributed by atoms with van der Waals surface area (Å²) in [6.07, 6.45) is 7.22. The molecule has 4 atom stereocenters. The number of carbonyl (C=O) groups is 4. The minimum atomic E-state index is -0.716. The zero-order chi connectivity index (χ0) is 44.4. The number of nitrogens with one attached hydrogen (secondary N) is 4. The molecule has 2 saturated carbocycles. The average molecular weight is 877 g/mol. The van der Waals surface area contributed by atoms with Crippen LogP contribution in [0.5, 0.6) is 0 Å². The van der Waals surface area contributed by atoms with Gasteiger partial charge < -0.3 is 39.9 Å². The molecule has 2 aromatic heterocycles. The second kappa shape index (κ2) is 16.5. The molecule has 4 aliphatic rings. The monoisotopic (exact) mass is 876 g/mol. The van der Waals surface area contributed by atoms with Crippen LogP contribution in [0.25, 0.3) is 44.2 Å². The minimum absolute atomic E-state index is 0.115. The van der Waals surface area contributed by atoms with Gasteiger partial charge in [-0.2, -0.15) is 0 Å². The third-order valence-corrected chi connectivity index (χ3v) is 13.7. The third kappa shape index (κ3) is 8.70. The van der Waals surface area contributed by atoms with Crippen LogP contribution in [0.3, 0.4) is 0 Å². The van der Waals surface area contributed by atoms with E-state index >= 15 is 0 Å². The summed E-state index contributed by atoms with van der Waals surface area (Å²) in [6.45, 7) is 12.7. The molecule has 0 bridgehead atoms. The van der Waals surface area contributed by atoms with Crippen LogP contribution in [-0.2, 0) is 19.1 Å². The predicted octanol–water partition coefficient (Wildman–Crippen LogP) is 9.36. The maximum atomic E-state index is 14.0. The normalized spacial score (nSPS) is 20.9. The van der Waals surface area contributed by atoms with E-state index in [4.69, 9.17) is 31.0 Å². The molecule has 332 valence electrons. The molecule has 14 nitrogen and oxygen atoms in total. The molecule has 2 aliphatic carbocycles. The molecule has 0 spiro atoms. The van der Waals surface area contributed by atoms with Gasteiger partial charge in [-0.25, -0.2) is 19.6 Å². The molecular weight excluding hydrogens is 820 g/mol. The molecule has 9 rings (SSSR count). The number of rotatable bonds is 12. The van der Waals surface area contributed by atoms with Crippen LogP contribution in [0.2, 0.25) is 5.02 Å². The Morgan fingerprint density at radius 1 is 0.714 bits per heavy atom. The van der Waals surface area contributed by atoms with Crippen molar-refractivity contribution >= 4 is 57.4 Å². The zero-order valence-corrected chi connectivity index (χ0v) is 37.6. The zero-order valence-electron chi connectivity index (χ0n) is 36.8. The van der Waals surface area contributed by atoms with Gasteiger partial charge in [-0.05, 0) is 106 Å². The van der Waals surface area contributed by atoms with Crippen LogP contribution < -0.4 is 10.6 Å². The van der Waals surface area contributed by atoms with E-state index in [1.807, 2.05) is 81.8 Å². The number of benzene rings is 3. The van der Waals surface area contributed by atoms with Gasteiger partial charge >= 0.3 is 12.2 Å². The van der Waals surface area contributed by atoms with Crippen LogP contribution in [0.15, 0.2) is 54.7 Å². The fraction of sp³-hybridized carbons (Fsp3) is 0.500. The average Bonchev–Trinajstić information content (AvgIpc) is 3.74. The maximum Gasteiger partial charge on any atom is 0.408 e. The van der Waals surface area contributed by atoms with Gasteiger partial charge in [0, 0.05) is 23.9 Å². The highest BCUT2D eigenvalue weighted by atomic mass is 35.5. The van der Waals surface area contributed by atoms with Crippen molar-refractivity contribution in [3.05, 3.63) is 71.4 Å². The van der Waals surface area contributed by atoms with Gasteiger partial charge in [0.25, 0.3) is 0 Å². The van der Waals surface area contributed by atoms with Crippen LogP contribution >= 0.6 is 11.6 Å². The largest absolute Gasteiger partial charge is 0.443 e. The lowest BCUT2D eigenvalue weighted by Crippen LogP contribution is -2.51. The summed E-state index contributed by atoms with van der Waals surface area (Å²) < 4.78 is 11.1. The van der Waals surface area contributed by atoms with Gasteiger partial charge in [-0.1, -0.05) is 75.7 Å². The standard InChI is InChI=1S/C48H57ClN8O6/c1-26(2)38(54-45(60)62-47(5)17-18-47)43(58)56-21-7-9-36(56)41-50-25-35(52-41)29-13-11-28(12-14-29)30-15-16-31-32(23-30)33(49)24-34-40(31)53-42(51-34)37-10-8-22-57(37)44(59)39(27(3)4)55-46(61)63-48(6)19-20-48/h11-16,23-27,36-39H,7-10,17-22H2,1-6H3,(H,50,52)(H,51,53)(H,54,60)(H,55,61)/t36-,37-,38-,39-/m0/s1. The first-order valence-electron chi connectivity index (χ1n) is 22.5. The van der Waals surface area contributed by atoms with Crippen molar-refractivity contribution in [3.63, 3.8) is 0 Å². The molecule has 4 amide bonds. The first-order valence-corrected chi connectivity index (χ1v) is 22.8. The number of alkyl carbamates (subject to hydrolysis) is 2. The Hall–Kier alpha value is -5.63. The number of H-pyrrole nitrogens is 2. The highest BCUT2D eigenvalue weighted by Gasteiger charge is 2.45. The molecule has 4 N–H and O–H groups in total.